The fourth-order valence-electron chi connectivity index (χ4n) is 3.27. The van der Waals surface area contributed by atoms with Gasteiger partial charge in [0.2, 0.25) is 5.91 Å². The van der Waals surface area contributed by atoms with Crippen LogP contribution in [0.4, 0.5) is 0 Å². The predicted molar refractivity (Wildman–Crippen MR) is 61.8 cm³/mol. The number of thioether (sulfide) groups is 1. The second kappa shape index (κ2) is 3.39. The third kappa shape index (κ3) is 1.27. The van der Waals surface area contributed by atoms with Crippen molar-refractivity contribution in [2.45, 2.75) is 36.6 Å². The molecule has 3 fully saturated rings. The van der Waals surface area contributed by atoms with E-state index in [4.69, 9.17) is 0 Å². The van der Waals surface area contributed by atoms with Crippen LogP contribution in [0.25, 0.3) is 0 Å². The second-order valence-electron chi connectivity index (χ2n) is 4.94. The highest BCUT2D eigenvalue weighted by Crippen LogP contribution is 2.45. The van der Waals surface area contributed by atoms with Gasteiger partial charge in [0.25, 0.3) is 0 Å². The van der Waals surface area contributed by atoms with Gasteiger partial charge in [-0.3, -0.25) is 9.69 Å². The monoisotopic (exact) mass is 226 g/mol. The molecule has 15 heavy (non-hydrogen) atoms. The number of carbonyl (C=O) groups excluding carboxylic acids is 1. The van der Waals surface area contributed by atoms with Crippen molar-refractivity contribution in [1.29, 1.82) is 0 Å². The Morgan fingerprint density at radius 2 is 2.27 bits per heavy atom. The van der Waals surface area contributed by atoms with Crippen molar-refractivity contribution in [3.8, 4) is 0 Å². The largest absolute Gasteiger partial charge is 0.329 e. The summed E-state index contributed by atoms with van der Waals surface area (Å²) in [6, 6.07) is 0. The van der Waals surface area contributed by atoms with Gasteiger partial charge in [-0.2, -0.15) is 0 Å². The topological polar surface area (TPSA) is 23.6 Å². The molecule has 0 aromatic rings. The molecular formula is C11H18N2OS. The molecule has 3 heterocycles. The molecule has 3 saturated heterocycles. The maximum Gasteiger partial charge on any atom is 0.244 e. The van der Waals surface area contributed by atoms with E-state index in [0.717, 1.165) is 25.9 Å². The lowest BCUT2D eigenvalue weighted by atomic mass is 9.95. The molecule has 2 unspecified atom stereocenters. The molecule has 3 rings (SSSR count). The molecule has 84 valence electrons. The summed E-state index contributed by atoms with van der Waals surface area (Å²) in [7, 11) is 2.12. The quantitative estimate of drug-likeness (QED) is 0.619. The number of nitrogens with zero attached hydrogens (tertiary/aromatic N) is 2. The summed E-state index contributed by atoms with van der Waals surface area (Å²) < 4.78 is 0. The Morgan fingerprint density at radius 3 is 2.93 bits per heavy atom. The molecule has 0 aromatic heterocycles. The first kappa shape index (κ1) is 9.97. The zero-order valence-corrected chi connectivity index (χ0v) is 10.1. The minimum Gasteiger partial charge on any atom is -0.329 e. The molecule has 1 spiro atoms. The highest BCUT2D eigenvalue weighted by molar-refractivity contribution is 7.99. The van der Waals surface area contributed by atoms with Gasteiger partial charge in [0.1, 0.15) is 5.54 Å². The number of likely N-dealkylation sites (N-methyl/N-ethyl adjacent to an activating group) is 1. The van der Waals surface area contributed by atoms with Crippen LogP contribution in [0.2, 0.25) is 0 Å². The number of hydrogen-bond acceptors (Lipinski definition) is 3. The number of carbonyl (C=O) groups is 1. The van der Waals surface area contributed by atoms with Gasteiger partial charge >= 0.3 is 0 Å². The third-order valence-corrected chi connectivity index (χ3v) is 5.52. The summed E-state index contributed by atoms with van der Waals surface area (Å²) >= 11 is 1.98. The molecule has 0 radical (unpaired) electrons. The molecule has 2 atom stereocenters. The van der Waals surface area contributed by atoms with Gasteiger partial charge in [0, 0.05) is 13.0 Å². The van der Waals surface area contributed by atoms with Crippen molar-refractivity contribution in [1.82, 2.24) is 9.80 Å². The number of amides is 1. The predicted octanol–water partition coefficient (Wildman–Crippen LogP) is 1.15. The highest BCUT2D eigenvalue weighted by atomic mass is 32.2. The van der Waals surface area contributed by atoms with Crippen LogP contribution in [-0.2, 0) is 4.79 Å². The molecule has 0 bridgehead atoms. The Balaban J connectivity index is 1.90. The molecule has 1 amide bonds. The molecule has 0 N–H and O–H groups in total. The lowest BCUT2D eigenvalue weighted by Gasteiger charge is -2.30. The van der Waals surface area contributed by atoms with E-state index >= 15 is 0 Å². The standard InChI is InChI=1S/C11H18N2OS/c1-12-5-2-4-11(12)8-9-13(10(11)14)6-3-7-15-9/h9H,2-8H2,1H3. The van der Waals surface area contributed by atoms with Gasteiger partial charge < -0.3 is 4.90 Å². The van der Waals surface area contributed by atoms with E-state index < -0.39 is 0 Å². The van der Waals surface area contributed by atoms with Crippen molar-refractivity contribution in [2.24, 2.45) is 0 Å². The SMILES string of the molecule is CN1CCCC12CC1SCCCN1C2=O. The average molecular weight is 226 g/mol. The van der Waals surface area contributed by atoms with E-state index in [2.05, 4.69) is 16.8 Å². The van der Waals surface area contributed by atoms with Crippen LogP contribution in [0.15, 0.2) is 0 Å². The highest BCUT2D eigenvalue weighted by Gasteiger charge is 2.56. The first-order chi connectivity index (χ1) is 7.24. The van der Waals surface area contributed by atoms with Gasteiger partial charge in [-0.05, 0) is 38.6 Å². The molecule has 3 nitrogen and oxygen atoms in total. The van der Waals surface area contributed by atoms with Crippen LogP contribution in [0.1, 0.15) is 25.7 Å². The van der Waals surface area contributed by atoms with E-state index in [9.17, 15) is 4.79 Å². The zero-order chi connectivity index (χ0) is 10.5. The minimum atomic E-state index is -0.109. The maximum atomic E-state index is 12.4. The summed E-state index contributed by atoms with van der Waals surface area (Å²) in [5, 5.41) is 0.479. The number of fused-ring (bicyclic) bond motifs is 1. The summed E-state index contributed by atoms with van der Waals surface area (Å²) in [5.41, 5.74) is -0.109. The van der Waals surface area contributed by atoms with E-state index in [1.54, 1.807) is 0 Å². The summed E-state index contributed by atoms with van der Waals surface area (Å²) in [4.78, 5) is 16.9. The Labute approximate surface area is 95.2 Å². The summed E-state index contributed by atoms with van der Waals surface area (Å²) in [5.74, 6) is 1.65. The van der Waals surface area contributed by atoms with E-state index in [1.165, 1.54) is 18.6 Å². The fraction of sp³-hybridized carbons (Fsp3) is 0.909. The van der Waals surface area contributed by atoms with Crippen molar-refractivity contribution >= 4 is 17.7 Å². The fourth-order valence-corrected chi connectivity index (χ4v) is 4.62. The van der Waals surface area contributed by atoms with Crippen LogP contribution in [0.3, 0.4) is 0 Å². The Kier molecular flexibility index (Phi) is 2.25. The third-order valence-electron chi connectivity index (χ3n) is 4.19. The van der Waals surface area contributed by atoms with Gasteiger partial charge in [-0.1, -0.05) is 0 Å². The number of hydrogen-bond donors (Lipinski definition) is 0. The van der Waals surface area contributed by atoms with E-state index in [1.807, 2.05) is 11.8 Å². The maximum absolute atomic E-state index is 12.4. The first-order valence-corrected chi connectivity index (χ1v) is 6.93. The molecule has 3 aliphatic heterocycles. The van der Waals surface area contributed by atoms with Gasteiger partial charge in [0.15, 0.2) is 0 Å². The van der Waals surface area contributed by atoms with Crippen molar-refractivity contribution in [3.05, 3.63) is 0 Å². The molecule has 4 heteroatoms. The van der Waals surface area contributed by atoms with Crippen molar-refractivity contribution in [3.63, 3.8) is 0 Å². The molecule has 0 aliphatic carbocycles. The minimum absolute atomic E-state index is 0.109. The Hall–Kier alpha value is -0.220. The zero-order valence-electron chi connectivity index (χ0n) is 9.24. The molecule has 0 aromatic carbocycles. The molecule has 0 saturated carbocycles. The van der Waals surface area contributed by atoms with Crippen molar-refractivity contribution in [2.75, 3.05) is 25.9 Å². The lowest BCUT2D eigenvalue weighted by molar-refractivity contribution is -0.136. The van der Waals surface area contributed by atoms with Crippen LogP contribution in [0.5, 0.6) is 0 Å². The number of likely N-dealkylation sites (tertiary alicyclic amines) is 1. The molecular weight excluding hydrogens is 208 g/mol. The van der Waals surface area contributed by atoms with Gasteiger partial charge in [-0.25, -0.2) is 0 Å². The normalized spacial score (nSPS) is 41.5. The molecule has 3 aliphatic rings. The van der Waals surface area contributed by atoms with Crippen molar-refractivity contribution < 1.29 is 4.79 Å². The van der Waals surface area contributed by atoms with Gasteiger partial charge in [-0.15, -0.1) is 11.8 Å². The van der Waals surface area contributed by atoms with E-state index in [-0.39, 0.29) is 5.54 Å². The average Bonchev–Trinajstić information content (AvgIpc) is 2.74. The van der Waals surface area contributed by atoms with Crippen LogP contribution >= 0.6 is 11.8 Å². The van der Waals surface area contributed by atoms with Gasteiger partial charge in [0.05, 0.1) is 5.37 Å². The lowest BCUT2D eigenvalue weighted by Crippen LogP contribution is -2.48. The first-order valence-electron chi connectivity index (χ1n) is 5.88. The second-order valence-corrected chi connectivity index (χ2v) is 6.22. The van der Waals surface area contributed by atoms with Crippen LogP contribution in [0, 0.1) is 0 Å². The Bertz CT molecular complexity index is 296. The van der Waals surface area contributed by atoms with Crippen LogP contribution < -0.4 is 0 Å². The summed E-state index contributed by atoms with van der Waals surface area (Å²) in [6.07, 6.45) is 4.50. The summed E-state index contributed by atoms with van der Waals surface area (Å²) in [6.45, 7) is 2.09. The Morgan fingerprint density at radius 1 is 1.40 bits per heavy atom. The van der Waals surface area contributed by atoms with Crippen LogP contribution in [-0.4, -0.2) is 52.5 Å². The smallest absolute Gasteiger partial charge is 0.244 e. The van der Waals surface area contributed by atoms with E-state index in [0.29, 0.717) is 11.3 Å². The number of rotatable bonds is 0.